The van der Waals surface area contributed by atoms with Gasteiger partial charge in [-0.1, -0.05) is 12.8 Å². The smallest absolute Gasteiger partial charge is 0.0603 e. The molecule has 0 amide bonds. The first-order chi connectivity index (χ1) is 5.34. The SMILES string of the molecule is ClC1CC(OCCC2CC2)C1. The minimum atomic E-state index is 0.404. The number of hydrogen-bond acceptors (Lipinski definition) is 1. The molecule has 0 saturated heterocycles. The molecule has 0 aromatic heterocycles. The molecule has 0 aromatic rings. The van der Waals surface area contributed by atoms with E-state index in [-0.39, 0.29) is 0 Å². The summed E-state index contributed by atoms with van der Waals surface area (Å²) in [4.78, 5) is 0. The Morgan fingerprint density at radius 3 is 2.55 bits per heavy atom. The lowest BCUT2D eigenvalue weighted by atomic mass is 9.95. The molecule has 2 rings (SSSR count). The van der Waals surface area contributed by atoms with E-state index in [1.807, 2.05) is 0 Å². The molecule has 0 spiro atoms. The van der Waals surface area contributed by atoms with Crippen molar-refractivity contribution in [3.8, 4) is 0 Å². The summed E-state index contributed by atoms with van der Waals surface area (Å²) in [5, 5.41) is 0.404. The molecule has 0 N–H and O–H groups in total. The van der Waals surface area contributed by atoms with E-state index in [1.165, 1.54) is 19.3 Å². The topological polar surface area (TPSA) is 9.23 Å². The predicted octanol–water partition coefficient (Wildman–Crippen LogP) is 2.57. The highest BCUT2D eigenvalue weighted by atomic mass is 35.5. The molecular formula is C9H15ClO. The Morgan fingerprint density at radius 1 is 1.27 bits per heavy atom. The minimum Gasteiger partial charge on any atom is -0.378 e. The van der Waals surface area contributed by atoms with E-state index in [0.717, 1.165) is 25.4 Å². The molecule has 0 atom stereocenters. The van der Waals surface area contributed by atoms with Crippen molar-refractivity contribution in [2.75, 3.05) is 6.61 Å². The van der Waals surface area contributed by atoms with Crippen molar-refractivity contribution in [3.05, 3.63) is 0 Å². The van der Waals surface area contributed by atoms with Crippen molar-refractivity contribution in [2.24, 2.45) is 5.92 Å². The third-order valence-corrected chi connectivity index (χ3v) is 2.97. The van der Waals surface area contributed by atoms with Gasteiger partial charge in [0.25, 0.3) is 0 Å². The van der Waals surface area contributed by atoms with Crippen LogP contribution in [0, 0.1) is 5.92 Å². The number of alkyl halides is 1. The fourth-order valence-electron chi connectivity index (χ4n) is 1.45. The maximum Gasteiger partial charge on any atom is 0.0603 e. The first-order valence-electron chi connectivity index (χ1n) is 4.60. The third kappa shape index (κ3) is 2.34. The van der Waals surface area contributed by atoms with Crippen LogP contribution in [-0.4, -0.2) is 18.1 Å². The Hall–Kier alpha value is 0.250. The van der Waals surface area contributed by atoms with Crippen molar-refractivity contribution < 1.29 is 4.74 Å². The average molecular weight is 175 g/mol. The van der Waals surface area contributed by atoms with Crippen LogP contribution in [0.4, 0.5) is 0 Å². The highest BCUT2D eigenvalue weighted by Crippen LogP contribution is 2.33. The summed E-state index contributed by atoms with van der Waals surface area (Å²) in [6.45, 7) is 0.971. The second-order valence-corrected chi connectivity index (χ2v) is 4.41. The van der Waals surface area contributed by atoms with Crippen LogP contribution in [-0.2, 0) is 4.74 Å². The summed E-state index contributed by atoms with van der Waals surface area (Å²) in [6.07, 6.45) is 6.80. The van der Waals surface area contributed by atoms with Crippen LogP contribution in [0.2, 0.25) is 0 Å². The average Bonchev–Trinajstić information content (AvgIpc) is 2.67. The van der Waals surface area contributed by atoms with Gasteiger partial charge in [0.2, 0.25) is 0 Å². The Morgan fingerprint density at radius 2 is 2.00 bits per heavy atom. The maximum atomic E-state index is 5.82. The van der Waals surface area contributed by atoms with Crippen LogP contribution in [0.5, 0.6) is 0 Å². The molecular weight excluding hydrogens is 160 g/mol. The van der Waals surface area contributed by atoms with Gasteiger partial charge in [-0.3, -0.25) is 0 Å². The first-order valence-corrected chi connectivity index (χ1v) is 5.04. The van der Waals surface area contributed by atoms with Gasteiger partial charge in [0.05, 0.1) is 6.10 Å². The molecule has 2 heteroatoms. The molecule has 0 aromatic carbocycles. The molecule has 0 heterocycles. The minimum absolute atomic E-state index is 0.404. The van der Waals surface area contributed by atoms with E-state index in [4.69, 9.17) is 16.3 Å². The highest BCUT2D eigenvalue weighted by Gasteiger charge is 2.28. The van der Waals surface area contributed by atoms with E-state index in [9.17, 15) is 0 Å². The van der Waals surface area contributed by atoms with Gasteiger partial charge in [-0.25, -0.2) is 0 Å². The highest BCUT2D eigenvalue weighted by molar-refractivity contribution is 6.21. The van der Waals surface area contributed by atoms with Gasteiger partial charge >= 0.3 is 0 Å². The lowest BCUT2D eigenvalue weighted by Gasteiger charge is -2.30. The van der Waals surface area contributed by atoms with Crippen molar-refractivity contribution >= 4 is 11.6 Å². The Labute approximate surface area is 73.1 Å². The summed E-state index contributed by atoms with van der Waals surface area (Å²) in [5.74, 6) is 1.00. The largest absolute Gasteiger partial charge is 0.378 e. The summed E-state index contributed by atoms with van der Waals surface area (Å²) < 4.78 is 5.61. The Balaban J connectivity index is 1.47. The summed E-state index contributed by atoms with van der Waals surface area (Å²) in [5.41, 5.74) is 0. The standard InChI is InChI=1S/C9H15ClO/c10-8-5-9(6-8)11-4-3-7-1-2-7/h7-9H,1-6H2. The molecule has 0 bridgehead atoms. The zero-order valence-electron chi connectivity index (χ0n) is 6.76. The molecule has 64 valence electrons. The van der Waals surface area contributed by atoms with E-state index >= 15 is 0 Å². The summed E-state index contributed by atoms with van der Waals surface area (Å²) in [7, 11) is 0. The van der Waals surface area contributed by atoms with Crippen molar-refractivity contribution in [1.29, 1.82) is 0 Å². The van der Waals surface area contributed by atoms with Gasteiger partial charge in [0, 0.05) is 12.0 Å². The molecule has 2 fully saturated rings. The number of hydrogen-bond donors (Lipinski definition) is 0. The van der Waals surface area contributed by atoms with Gasteiger partial charge in [0.1, 0.15) is 0 Å². The quantitative estimate of drug-likeness (QED) is 0.596. The van der Waals surface area contributed by atoms with Gasteiger partial charge in [-0.15, -0.1) is 11.6 Å². The second kappa shape index (κ2) is 3.32. The zero-order valence-corrected chi connectivity index (χ0v) is 7.52. The normalized spacial score (nSPS) is 36.8. The number of rotatable bonds is 4. The fraction of sp³-hybridized carbons (Fsp3) is 1.00. The molecule has 2 aliphatic carbocycles. The van der Waals surface area contributed by atoms with E-state index in [0.29, 0.717) is 11.5 Å². The third-order valence-electron chi connectivity index (χ3n) is 2.61. The van der Waals surface area contributed by atoms with Crippen molar-refractivity contribution in [1.82, 2.24) is 0 Å². The molecule has 1 nitrogen and oxygen atoms in total. The Kier molecular flexibility index (Phi) is 2.38. The number of ether oxygens (including phenoxy) is 1. The van der Waals surface area contributed by atoms with Gasteiger partial charge in [-0.2, -0.15) is 0 Å². The molecule has 11 heavy (non-hydrogen) atoms. The van der Waals surface area contributed by atoms with Crippen LogP contribution >= 0.6 is 11.6 Å². The van der Waals surface area contributed by atoms with Crippen molar-refractivity contribution in [3.63, 3.8) is 0 Å². The van der Waals surface area contributed by atoms with Gasteiger partial charge < -0.3 is 4.74 Å². The van der Waals surface area contributed by atoms with Crippen LogP contribution in [0.15, 0.2) is 0 Å². The van der Waals surface area contributed by atoms with E-state index < -0.39 is 0 Å². The lowest BCUT2D eigenvalue weighted by molar-refractivity contribution is 0.00217. The summed E-state index contributed by atoms with van der Waals surface area (Å²) >= 11 is 5.82. The number of halogens is 1. The lowest BCUT2D eigenvalue weighted by Crippen LogP contribution is -2.32. The predicted molar refractivity (Wildman–Crippen MR) is 46.0 cm³/mol. The first kappa shape index (κ1) is 7.88. The summed E-state index contributed by atoms with van der Waals surface area (Å²) in [6, 6.07) is 0. The van der Waals surface area contributed by atoms with E-state index in [2.05, 4.69) is 0 Å². The van der Waals surface area contributed by atoms with Crippen LogP contribution in [0.1, 0.15) is 32.1 Å². The maximum absolute atomic E-state index is 5.82. The van der Waals surface area contributed by atoms with Gasteiger partial charge in [0.15, 0.2) is 0 Å². The molecule has 2 aliphatic rings. The second-order valence-electron chi connectivity index (χ2n) is 3.79. The van der Waals surface area contributed by atoms with Gasteiger partial charge in [-0.05, 0) is 25.2 Å². The zero-order chi connectivity index (χ0) is 7.68. The van der Waals surface area contributed by atoms with E-state index in [1.54, 1.807) is 0 Å². The Bertz CT molecular complexity index is 128. The monoisotopic (exact) mass is 174 g/mol. The van der Waals surface area contributed by atoms with Crippen LogP contribution < -0.4 is 0 Å². The fourth-order valence-corrected chi connectivity index (χ4v) is 1.84. The van der Waals surface area contributed by atoms with Crippen LogP contribution in [0.25, 0.3) is 0 Å². The van der Waals surface area contributed by atoms with Crippen molar-refractivity contribution in [2.45, 2.75) is 43.6 Å². The molecule has 2 saturated carbocycles. The van der Waals surface area contributed by atoms with Crippen LogP contribution in [0.3, 0.4) is 0 Å². The molecule has 0 aliphatic heterocycles. The molecule has 0 radical (unpaired) electrons. The molecule has 0 unspecified atom stereocenters.